The van der Waals surface area contributed by atoms with E-state index in [1.54, 1.807) is 13.2 Å². The fourth-order valence-corrected chi connectivity index (χ4v) is 4.03. The Morgan fingerprint density at radius 2 is 2.12 bits per heavy atom. The molecule has 1 N–H and O–H groups in total. The lowest BCUT2D eigenvalue weighted by atomic mass is 9.77. The topological polar surface area (TPSA) is 30.5 Å². The maximum atomic E-state index is 5.90. The van der Waals surface area contributed by atoms with Crippen molar-refractivity contribution in [1.29, 1.82) is 0 Å². The normalized spacial score (nSPS) is 23.3. The molecule has 2 aromatic rings. The van der Waals surface area contributed by atoms with Crippen LogP contribution in [-0.2, 0) is 0 Å². The van der Waals surface area contributed by atoms with E-state index in [1.807, 2.05) is 12.1 Å². The van der Waals surface area contributed by atoms with Gasteiger partial charge in [-0.15, -0.1) is 0 Å². The van der Waals surface area contributed by atoms with Crippen molar-refractivity contribution in [2.75, 3.05) is 19.0 Å². The van der Waals surface area contributed by atoms with Crippen molar-refractivity contribution < 1.29 is 9.47 Å². The highest BCUT2D eigenvalue weighted by atomic mass is 16.5. The van der Waals surface area contributed by atoms with Crippen molar-refractivity contribution in [2.45, 2.75) is 18.4 Å². The second kappa shape index (κ2) is 6.67. The number of benzene rings is 2. The van der Waals surface area contributed by atoms with E-state index < -0.39 is 0 Å². The van der Waals surface area contributed by atoms with Crippen LogP contribution in [0.3, 0.4) is 0 Å². The van der Waals surface area contributed by atoms with Gasteiger partial charge in [0.25, 0.3) is 0 Å². The Morgan fingerprint density at radius 3 is 2.96 bits per heavy atom. The van der Waals surface area contributed by atoms with Crippen molar-refractivity contribution in [2.24, 2.45) is 5.92 Å². The predicted octanol–water partition coefficient (Wildman–Crippen LogP) is 5.09. The van der Waals surface area contributed by atoms with E-state index in [-0.39, 0.29) is 6.04 Å². The first kappa shape index (κ1) is 15.8. The SMILES string of the molecule is C=CCOc1cccc2c1NC(c1cccc(OC)c1)C1CC=CC21. The molecule has 2 aromatic carbocycles. The maximum Gasteiger partial charge on any atom is 0.143 e. The molecule has 0 spiro atoms. The summed E-state index contributed by atoms with van der Waals surface area (Å²) in [4.78, 5) is 0. The number of hydrogen-bond donors (Lipinski definition) is 1. The summed E-state index contributed by atoms with van der Waals surface area (Å²) >= 11 is 0. The summed E-state index contributed by atoms with van der Waals surface area (Å²) in [5.74, 6) is 2.71. The summed E-state index contributed by atoms with van der Waals surface area (Å²) in [5.41, 5.74) is 3.67. The number of anilines is 1. The molecule has 0 fully saturated rings. The predicted molar refractivity (Wildman–Crippen MR) is 101 cm³/mol. The number of nitrogens with one attached hydrogen (secondary N) is 1. The molecule has 128 valence electrons. The first-order valence-electron chi connectivity index (χ1n) is 8.75. The average molecular weight is 333 g/mol. The number of rotatable bonds is 5. The third-order valence-corrected chi connectivity index (χ3v) is 5.17. The zero-order valence-electron chi connectivity index (χ0n) is 14.4. The highest BCUT2D eigenvalue weighted by Crippen LogP contribution is 2.52. The van der Waals surface area contributed by atoms with Gasteiger partial charge in [-0.1, -0.05) is 49.1 Å². The van der Waals surface area contributed by atoms with Crippen LogP contribution in [0.4, 0.5) is 5.69 Å². The number of ether oxygens (including phenoxy) is 2. The lowest BCUT2D eigenvalue weighted by Crippen LogP contribution is -2.29. The van der Waals surface area contributed by atoms with Gasteiger partial charge in [-0.25, -0.2) is 0 Å². The van der Waals surface area contributed by atoms with Crippen molar-refractivity contribution in [1.82, 2.24) is 0 Å². The van der Waals surface area contributed by atoms with E-state index >= 15 is 0 Å². The largest absolute Gasteiger partial charge is 0.497 e. The Bertz CT molecular complexity index is 811. The lowest BCUT2D eigenvalue weighted by Gasteiger charge is -2.38. The first-order valence-corrected chi connectivity index (χ1v) is 8.75. The number of methoxy groups -OCH3 is 1. The molecule has 3 unspecified atom stereocenters. The minimum absolute atomic E-state index is 0.232. The molecule has 0 aromatic heterocycles. The van der Waals surface area contributed by atoms with Gasteiger partial charge in [0.15, 0.2) is 0 Å². The molecule has 25 heavy (non-hydrogen) atoms. The van der Waals surface area contributed by atoms with Gasteiger partial charge >= 0.3 is 0 Å². The van der Waals surface area contributed by atoms with Gasteiger partial charge in [-0.3, -0.25) is 0 Å². The van der Waals surface area contributed by atoms with Gasteiger partial charge < -0.3 is 14.8 Å². The van der Waals surface area contributed by atoms with Crippen LogP contribution in [0.2, 0.25) is 0 Å². The first-order chi connectivity index (χ1) is 12.3. The smallest absolute Gasteiger partial charge is 0.143 e. The third kappa shape index (κ3) is 2.80. The Labute approximate surface area is 149 Å². The van der Waals surface area contributed by atoms with Crippen LogP contribution in [0.25, 0.3) is 0 Å². The summed E-state index contributed by atoms with van der Waals surface area (Å²) in [5, 5.41) is 3.76. The molecule has 0 radical (unpaired) electrons. The monoisotopic (exact) mass is 333 g/mol. The van der Waals surface area contributed by atoms with E-state index in [4.69, 9.17) is 9.47 Å². The van der Waals surface area contributed by atoms with Crippen molar-refractivity contribution in [3.63, 3.8) is 0 Å². The van der Waals surface area contributed by atoms with E-state index in [9.17, 15) is 0 Å². The van der Waals surface area contributed by atoms with Crippen molar-refractivity contribution in [3.8, 4) is 11.5 Å². The van der Waals surface area contributed by atoms with Crippen molar-refractivity contribution in [3.05, 3.63) is 78.4 Å². The van der Waals surface area contributed by atoms with Crippen molar-refractivity contribution >= 4 is 5.69 Å². The maximum absolute atomic E-state index is 5.90. The van der Waals surface area contributed by atoms with Crippen LogP contribution in [0.15, 0.2) is 67.3 Å². The second-order valence-corrected chi connectivity index (χ2v) is 6.57. The third-order valence-electron chi connectivity index (χ3n) is 5.17. The fraction of sp³-hybridized carbons (Fsp3) is 0.273. The molecule has 2 aliphatic rings. The Hall–Kier alpha value is -2.68. The minimum Gasteiger partial charge on any atom is -0.497 e. The summed E-state index contributed by atoms with van der Waals surface area (Å²) in [6.45, 7) is 4.26. The van der Waals surface area contributed by atoms with Gasteiger partial charge in [0.1, 0.15) is 18.1 Å². The fourth-order valence-electron chi connectivity index (χ4n) is 4.03. The molecule has 1 heterocycles. The molecule has 3 nitrogen and oxygen atoms in total. The highest BCUT2D eigenvalue weighted by molar-refractivity contribution is 5.67. The van der Waals surface area contributed by atoms with Crippen LogP contribution in [-0.4, -0.2) is 13.7 Å². The quantitative estimate of drug-likeness (QED) is 0.773. The number of fused-ring (bicyclic) bond motifs is 3. The molecule has 0 amide bonds. The van der Waals surface area contributed by atoms with E-state index in [0.29, 0.717) is 18.4 Å². The van der Waals surface area contributed by atoms with Crippen LogP contribution in [0.5, 0.6) is 11.5 Å². The molecule has 3 atom stereocenters. The Kier molecular flexibility index (Phi) is 4.22. The Morgan fingerprint density at radius 1 is 1.24 bits per heavy atom. The number of hydrogen-bond acceptors (Lipinski definition) is 3. The van der Waals surface area contributed by atoms with Crippen LogP contribution in [0, 0.1) is 5.92 Å². The van der Waals surface area contributed by atoms with E-state index in [1.165, 1.54) is 11.1 Å². The Balaban J connectivity index is 1.76. The van der Waals surface area contributed by atoms with Gasteiger partial charge in [-0.05, 0) is 41.7 Å². The lowest BCUT2D eigenvalue weighted by molar-refractivity contribution is 0.358. The van der Waals surface area contributed by atoms with Crippen LogP contribution >= 0.6 is 0 Å². The summed E-state index contributed by atoms with van der Waals surface area (Å²) < 4.78 is 11.3. The highest BCUT2D eigenvalue weighted by Gasteiger charge is 2.39. The van der Waals surface area contributed by atoms with Gasteiger partial charge in [0.05, 0.1) is 18.8 Å². The molecule has 4 rings (SSSR count). The molecular formula is C22H23NO2. The number of allylic oxidation sites excluding steroid dienone is 2. The van der Waals surface area contributed by atoms with Crippen LogP contribution < -0.4 is 14.8 Å². The van der Waals surface area contributed by atoms with Gasteiger partial charge in [-0.2, -0.15) is 0 Å². The molecule has 3 heteroatoms. The molecule has 0 saturated carbocycles. The molecule has 1 aliphatic heterocycles. The second-order valence-electron chi connectivity index (χ2n) is 6.57. The molecule has 0 bridgehead atoms. The average Bonchev–Trinajstić information content (AvgIpc) is 3.15. The molecular weight excluding hydrogens is 310 g/mol. The zero-order valence-corrected chi connectivity index (χ0v) is 14.4. The van der Waals surface area contributed by atoms with Crippen LogP contribution in [0.1, 0.15) is 29.5 Å². The zero-order chi connectivity index (χ0) is 17.2. The molecule has 1 aliphatic carbocycles. The summed E-state index contributed by atoms with van der Waals surface area (Å²) in [6, 6.07) is 14.9. The van der Waals surface area contributed by atoms with Gasteiger partial charge in [0, 0.05) is 5.92 Å². The van der Waals surface area contributed by atoms with Gasteiger partial charge in [0.2, 0.25) is 0 Å². The number of para-hydroxylation sites is 1. The molecule has 0 saturated heterocycles. The van der Waals surface area contributed by atoms with E-state index in [2.05, 4.69) is 54.4 Å². The minimum atomic E-state index is 0.232. The van der Waals surface area contributed by atoms with E-state index in [0.717, 1.165) is 23.6 Å². The standard InChI is InChI=1S/C22H23NO2/c1-3-13-25-20-12-6-11-19-17-9-5-10-18(17)21(23-22(19)20)15-7-4-8-16(14-15)24-2/h3-9,11-12,14,17-18,21,23H,1,10,13H2,2H3. The summed E-state index contributed by atoms with van der Waals surface area (Å²) in [7, 11) is 1.71. The summed E-state index contributed by atoms with van der Waals surface area (Å²) in [6.07, 6.45) is 7.50.